The Morgan fingerprint density at radius 1 is 1.50 bits per heavy atom. The van der Waals surface area contributed by atoms with E-state index < -0.39 is 0 Å². The van der Waals surface area contributed by atoms with Crippen LogP contribution in [0.3, 0.4) is 0 Å². The van der Waals surface area contributed by atoms with Crippen molar-refractivity contribution in [2.75, 3.05) is 13.1 Å². The predicted molar refractivity (Wildman–Crippen MR) is 66.2 cm³/mol. The van der Waals surface area contributed by atoms with Crippen LogP contribution in [0.1, 0.15) is 24.9 Å². The first-order valence-electron chi connectivity index (χ1n) is 5.42. The van der Waals surface area contributed by atoms with Gasteiger partial charge >= 0.3 is 0 Å². The number of nitrogens with two attached hydrogens (primary N) is 1. The molecular weight excluding hydrogens is 227 g/mol. The molecule has 0 amide bonds. The van der Waals surface area contributed by atoms with Crippen molar-refractivity contribution < 1.29 is 4.39 Å². The fourth-order valence-electron chi connectivity index (χ4n) is 2.14. The van der Waals surface area contributed by atoms with Crippen LogP contribution in [-0.4, -0.2) is 24.0 Å². The molecule has 0 aliphatic carbocycles. The Balaban J connectivity index is 0.00000128. The summed E-state index contributed by atoms with van der Waals surface area (Å²) in [5.41, 5.74) is 6.89. The smallest absolute Gasteiger partial charge is 0.123 e. The molecule has 1 aliphatic heterocycles. The molecule has 0 saturated carbocycles. The molecular formula is C12H18ClFN2. The number of nitrogens with zero attached hydrogens (tertiary/aromatic N) is 1. The molecule has 1 aromatic rings. The number of likely N-dealkylation sites (tertiary alicyclic amines) is 1. The second-order valence-corrected chi connectivity index (χ2v) is 4.27. The lowest BCUT2D eigenvalue weighted by Gasteiger charge is -2.24. The van der Waals surface area contributed by atoms with Gasteiger partial charge in [-0.15, -0.1) is 12.4 Å². The third-order valence-corrected chi connectivity index (χ3v) is 3.13. The highest BCUT2D eigenvalue weighted by Gasteiger charge is 2.24. The summed E-state index contributed by atoms with van der Waals surface area (Å²) in [6.07, 6.45) is 1.04. The molecule has 2 N–H and O–H groups in total. The molecule has 16 heavy (non-hydrogen) atoms. The van der Waals surface area contributed by atoms with Crippen LogP contribution in [0.15, 0.2) is 24.3 Å². The lowest BCUT2D eigenvalue weighted by Crippen LogP contribution is -2.28. The predicted octanol–water partition coefficient (Wildman–Crippen LogP) is 2.34. The van der Waals surface area contributed by atoms with E-state index in [-0.39, 0.29) is 30.3 Å². The number of halogens is 2. The van der Waals surface area contributed by atoms with Crippen LogP contribution in [0.4, 0.5) is 4.39 Å². The van der Waals surface area contributed by atoms with Gasteiger partial charge in [0.25, 0.3) is 0 Å². The normalized spacial score (nSPS) is 22.8. The average Bonchev–Trinajstić information content (AvgIpc) is 2.64. The monoisotopic (exact) mass is 244 g/mol. The zero-order chi connectivity index (χ0) is 10.8. The van der Waals surface area contributed by atoms with Gasteiger partial charge in [-0.1, -0.05) is 12.1 Å². The highest BCUT2D eigenvalue weighted by molar-refractivity contribution is 5.85. The van der Waals surface area contributed by atoms with E-state index in [4.69, 9.17) is 5.73 Å². The number of benzene rings is 1. The fraction of sp³-hybridized carbons (Fsp3) is 0.500. The van der Waals surface area contributed by atoms with Crippen LogP contribution in [0.5, 0.6) is 0 Å². The summed E-state index contributed by atoms with van der Waals surface area (Å²) in [7, 11) is 0. The van der Waals surface area contributed by atoms with Gasteiger partial charge in [0.2, 0.25) is 0 Å². The topological polar surface area (TPSA) is 29.3 Å². The van der Waals surface area contributed by atoms with Crippen LogP contribution < -0.4 is 5.73 Å². The van der Waals surface area contributed by atoms with Crippen molar-refractivity contribution in [2.45, 2.75) is 25.4 Å². The first-order chi connectivity index (χ1) is 7.16. The van der Waals surface area contributed by atoms with Crippen molar-refractivity contribution in [1.82, 2.24) is 4.90 Å². The summed E-state index contributed by atoms with van der Waals surface area (Å²) >= 11 is 0. The van der Waals surface area contributed by atoms with Gasteiger partial charge in [-0.3, -0.25) is 4.90 Å². The van der Waals surface area contributed by atoms with Gasteiger partial charge in [0.15, 0.2) is 0 Å². The van der Waals surface area contributed by atoms with Crippen molar-refractivity contribution in [3.8, 4) is 0 Å². The molecule has 2 atom stereocenters. The molecule has 1 aliphatic rings. The Morgan fingerprint density at radius 3 is 2.81 bits per heavy atom. The van der Waals surface area contributed by atoms with Crippen LogP contribution in [0.2, 0.25) is 0 Å². The summed E-state index contributed by atoms with van der Waals surface area (Å²) in [6, 6.07) is 7.35. The van der Waals surface area contributed by atoms with E-state index in [2.05, 4.69) is 11.8 Å². The maximum atomic E-state index is 13.0. The summed E-state index contributed by atoms with van der Waals surface area (Å²) in [5, 5.41) is 0. The molecule has 4 heteroatoms. The highest BCUT2D eigenvalue weighted by atomic mass is 35.5. The Bertz CT molecular complexity index is 346. The van der Waals surface area contributed by atoms with Crippen LogP contribution in [-0.2, 0) is 0 Å². The van der Waals surface area contributed by atoms with Crippen LogP contribution >= 0.6 is 12.4 Å². The summed E-state index contributed by atoms with van der Waals surface area (Å²) in [6.45, 7) is 4.03. The van der Waals surface area contributed by atoms with E-state index in [1.165, 1.54) is 6.07 Å². The van der Waals surface area contributed by atoms with E-state index in [1.807, 2.05) is 6.07 Å². The zero-order valence-corrected chi connectivity index (χ0v) is 10.2. The highest BCUT2D eigenvalue weighted by Crippen LogP contribution is 2.24. The van der Waals surface area contributed by atoms with Crippen LogP contribution in [0, 0.1) is 5.82 Å². The van der Waals surface area contributed by atoms with E-state index in [0.29, 0.717) is 0 Å². The van der Waals surface area contributed by atoms with Crippen molar-refractivity contribution >= 4 is 12.4 Å². The van der Waals surface area contributed by atoms with E-state index in [1.54, 1.807) is 12.1 Å². The summed E-state index contributed by atoms with van der Waals surface area (Å²) in [4.78, 5) is 2.31. The number of hydrogen-bond acceptors (Lipinski definition) is 2. The quantitative estimate of drug-likeness (QED) is 0.865. The molecule has 90 valence electrons. The minimum Gasteiger partial charge on any atom is -0.326 e. The van der Waals surface area contributed by atoms with Gasteiger partial charge in [-0.25, -0.2) is 4.39 Å². The second kappa shape index (κ2) is 5.62. The molecule has 2 nitrogen and oxygen atoms in total. The lowest BCUT2D eigenvalue weighted by atomic mass is 10.1. The Labute approximate surface area is 102 Å². The molecule has 0 aromatic heterocycles. The minimum atomic E-state index is -0.164. The molecule has 1 heterocycles. The van der Waals surface area contributed by atoms with Gasteiger partial charge in [0.1, 0.15) is 5.82 Å². The first kappa shape index (κ1) is 13.4. The minimum absolute atomic E-state index is 0. The zero-order valence-electron chi connectivity index (χ0n) is 9.40. The summed E-state index contributed by atoms with van der Waals surface area (Å²) in [5.74, 6) is -0.164. The van der Waals surface area contributed by atoms with Crippen molar-refractivity contribution in [3.63, 3.8) is 0 Å². The molecule has 1 saturated heterocycles. The SMILES string of the molecule is CC(c1cccc(F)c1)N1CC[C@H](N)C1.Cl. The van der Waals surface area contributed by atoms with Gasteiger partial charge < -0.3 is 5.73 Å². The number of hydrogen-bond donors (Lipinski definition) is 1. The van der Waals surface area contributed by atoms with E-state index in [9.17, 15) is 4.39 Å². The van der Waals surface area contributed by atoms with Crippen molar-refractivity contribution in [1.29, 1.82) is 0 Å². The molecule has 0 radical (unpaired) electrons. The Hall–Kier alpha value is -0.640. The van der Waals surface area contributed by atoms with Gasteiger partial charge in [0, 0.05) is 25.2 Å². The van der Waals surface area contributed by atoms with Gasteiger partial charge in [-0.05, 0) is 31.0 Å². The first-order valence-corrected chi connectivity index (χ1v) is 5.42. The van der Waals surface area contributed by atoms with E-state index in [0.717, 1.165) is 25.1 Å². The average molecular weight is 245 g/mol. The number of rotatable bonds is 2. The lowest BCUT2D eigenvalue weighted by molar-refractivity contribution is 0.259. The van der Waals surface area contributed by atoms with Crippen molar-refractivity contribution in [3.05, 3.63) is 35.6 Å². The van der Waals surface area contributed by atoms with E-state index >= 15 is 0 Å². The van der Waals surface area contributed by atoms with Gasteiger partial charge in [-0.2, -0.15) is 0 Å². The third kappa shape index (κ3) is 2.94. The standard InChI is InChI=1S/C12H17FN2.ClH/c1-9(15-6-5-12(14)8-15)10-3-2-4-11(13)7-10;/h2-4,7,9,12H,5-6,8,14H2,1H3;1H/t9?,12-;/m0./s1. The van der Waals surface area contributed by atoms with Crippen LogP contribution in [0.25, 0.3) is 0 Å². The molecule has 0 spiro atoms. The molecule has 0 bridgehead atoms. The maximum absolute atomic E-state index is 13.0. The second-order valence-electron chi connectivity index (χ2n) is 4.27. The fourth-order valence-corrected chi connectivity index (χ4v) is 2.14. The molecule has 1 fully saturated rings. The molecule has 1 unspecified atom stereocenters. The molecule has 1 aromatic carbocycles. The maximum Gasteiger partial charge on any atom is 0.123 e. The summed E-state index contributed by atoms with van der Waals surface area (Å²) < 4.78 is 13.0. The Morgan fingerprint density at radius 2 is 2.25 bits per heavy atom. The third-order valence-electron chi connectivity index (χ3n) is 3.13. The Kier molecular flexibility index (Phi) is 4.71. The van der Waals surface area contributed by atoms with Gasteiger partial charge in [0.05, 0.1) is 0 Å². The largest absolute Gasteiger partial charge is 0.326 e. The molecule has 2 rings (SSSR count). The van der Waals surface area contributed by atoms with Crippen molar-refractivity contribution in [2.24, 2.45) is 5.73 Å².